The molecule has 5 nitrogen and oxygen atoms in total. The van der Waals surface area contributed by atoms with Crippen molar-refractivity contribution in [3.8, 4) is 0 Å². The number of hydrogen-bond donors (Lipinski definition) is 2. The number of hydrogen-bond acceptors (Lipinski definition) is 3. The van der Waals surface area contributed by atoms with Crippen molar-refractivity contribution in [2.24, 2.45) is 18.9 Å². The second-order valence-electron chi connectivity index (χ2n) is 5.54. The van der Waals surface area contributed by atoms with Crippen LogP contribution in [0.25, 0.3) is 0 Å². The highest BCUT2D eigenvalue weighted by atomic mass is 16.1. The first-order valence-electron chi connectivity index (χ1n) is 7.10. The number of aromatic nitrogens is 2. The van der Waals surface area contributed by atoms with Crippen molar-refractivity contribution in [1.82, 2.24) is 20.4 Å². The molecule has 1 amide bonds. The van der Waals surface area contributed by atoms with Gasteiger partial charge in [0.25, 0.3) is 0 Å². The van der Waals surface area contributed by atoms with E-state index in [0.29, 0.717) is 12.5 Å². The molecule has 2 heterocycles. The van der Waals surface area contributed by atoms with E-state index in [9.17, 15) is 4.79 Å². The van der Waals surface area contributed by atoms with E-state index >= 15 is 0 Å². The van der Waals surface area contributed by atoms with Crippen LogP contribution in [0.1, 0.15) is 31.5 Å². The van der Waals surface area contributed by atoms with Gasteiger partial charge in [-0.25, -0.2) is 0 Å². The Labute approximate surface area is 114 Å². The van der Waals surface area contributed by atoms with Crippen molar-refractivity contribution in [3.05, 3.63) is 17.5 Å². The van der Waals surface area contributed by atoms with Gasteiger partial charge in [0.15, 0.2) is 0 Å². The fraction of sp³-hybridized carbons (Fsp3) is 0.714. The van der Waals surface area contributed by atoms with Crippen LogP contribution in [0, 0.1) is 11.8 Å². The van der Waals surface area contributed by atoms with Gasteiger partial charge in [-0.05, 0) is 25.3 Å². The Morgan fingerprint density at radius 3 is 3.05 bits per heavy atom. The summed E-state index contributed by atoms with van der Waals surface area (Å²) in [6, 6.07) is 0. The first-order chi connectivity index (χ1) is 9.10. The second kappa shape index (κ2) is 6.19. The number of aryl methyl sites for hydroxylation is 2. The van der Waals surface area contributed by atoms with Crippen LogP contribution in [0.5, 0.6) is 0 Å². The molecule has 1 aliphatic heterocycles. The van der Waals surface area contributed by atoms with Gasteiger partial charge in [-0.2, -0.15) is 5.10 Å². The topological polar surface area (TPSA) is 59.0 Å². The minimum atomic E-state index is 0.102. The molecule has 106 valence electrons. The number of piperidine rings is 1. The average molecular weight is 264 g/mol. The Balaban J connectivity index is 1.89. The zero-order valence-electron chi connectivity index (χ0n) is 12.1. The quantitative estimate of drug-likeness (QED) is 0.847. The molecule has 2 rings (SSSR count). The summed E-state index contributed by atoms with van der Waals surface area (Å²) < 4.78 is 1.81. The van der Waals surface area contributed by atoms with Gasteiger partial charge in [-0.15, -0.1) is 0 Å². The molecule has 0 aromatic carbocycles. The number of nitrogens with one attached hydrogen (secondary N) is 2. The fourth-order valence-corrected chi connectivity index (χ4v) is 2.71. The van der Waals surface area contributed by atoms with Crippen molar-refractivity contribution >= 4 is 5.91 Å². The molecule has 2 atom stereocenters. The van der Waals surface area contributed by atoms with Crippen LogP contribution < -0.4 is 10.6 Å². The minimum Gasteiger partial charge on any atom is -0.352 e. The maximum absolute atomic E-state index is 12.1. The van der Waals surface area contributed by atoms with Crippen LogP contribution in [0.3, 0.4) is 0 Å². The average Bonchev–Trinajstić information content (AvgIpc) is 2.76. The number of nitrogens with zero attached hydrogens (tertiary/aromatic N) is 2. The maximum Gasteiger partial charge on any atom is 0.224 e. The number of carbonyl (C=O) groups is 1. The lowest BCUT2D eigenvalue weighted by Crippen LogP contribution is -2.43. The Hall–Kier alpha value is -1.36. The van der Waals surface area contributed by atoms with Gasteiger partial charge in [-0.3, -0.25) is 9.48 Å². The highest BCUT2D eigenvalue weighted by Gasteiger charge is 2.24. The Kier molecular flexibility index (Phi) is 4.58. The molecule has 2 N–H and O–H groups in total. The summed E-state index contributed by atoms with van der Waals surface area (Å²) in [7, 11) is 1.91. The van der Waals surface area contributed by atoms with E-state index in [0.717, 1.165) is 37.2 Å². The zero-order valence-corrected chi connectivity index (χ0v) is 12.1. The highest BCUT2D eigenvalue weighted by molar-refractivity contribution is 5.79. The van der Waals surface area contributed by atoms with Crippen LogP contribution in [-0.4, -0.2) is 28.8 Å². The summed E-state index contributed by atoms with van der Waals surface area (Å²) in [5.74, 6) is 0.838. The molecule has 0 aliphatic carbocycles. The standard InChI is InChI=1S/C14H24N4O/c1-4-13-12(9-18(3)17-13)8-16-14(19)11-5-10(2)6-15-7-11/h9-11,15H,4-8H2,1-3H3,(H,16,19). The van der Waals surface area contributed by atoms with Gasteiger partial charge in [0.1, 0.15) is 0 Å². The Morgan fingerprint density at radius 2 is 2.37 bits per heavy atom. The second-order valence-corrected chi connectivity index (χ2v) is 5.54. The lowest BCUT2D eigenvalue weighted by Gasteiger charge is -2.26. The summed E-state index contributed by atoms with van der Waals surface area (Å²) in [5.41, 5.74) is 2.19. The maximum atomic E-state index is 12.1. The van der Waals surface area contributed by atoms with Crippen LogP contribution in [0.4, 0.5) is 0 Å². The summed E-state index contributed by atoms with van der Waals surface area (Å²) in [4.78, 5) is 12.1. The first-order valence-corrected chi connectivity index (χ1v) is 7.10. The van der Waals surface area contributed by atoms with Gasteiger partial charge < -0.3 is 10.6 Å². The first kappa shape index (κ1) is 14.1. The molecule has 19 heavy (non-hydrogen) atoms. The van der Waals surface area contributed by atoms with Gasteiger partial charge in [0.05, 0.1) is 11.6 Å². The smallest absolute Gasteiger partial charge is 0.224 e. The number of rotatable bonds is 4. The van der Waals surface area contributed by atoms with Crippen molar-refractivity contribution < 1.29 is 4.79 Å². The molecule has 1 aliphatic rings. The van der Waals surface area contributed by atoms with Crippen LogP contribution >= 0.6 is 0 Å². The summed E-state index contributed by atoms with van der Waals surface area (Å²) in [5, 5.41) is 10.7. The van der Waals surface area contributed by atoms with Crippen molar-refractivity contribution in [2.45, 2.75) is 33.2 Å². The minimum absolute atomic E-state index is 0.102. The van der Waals surface area contributed by atoms with E-state index in [-0.39, 0.29) is 11.8 Å². The molecule has 1 saturated heterocycles. The summed E-state index contributed by atoms with van der Waals surface area (Å²) in [6.07, 6.45) is 3.86. The molecule has 0 radical (unpaired) electrons. The third kappa shape index (κ3) is 3.56. The highest BCUT2D eigenvalue weighted by Crippen LogP contribution is 2.16. The third-order valence-electron chi connectivity index (χ3n) is 3.72. The molecule has 1 aromatic rings. The van der Waals surface area contributed by atoms with Gasteiger partial charge in [0, 0.05) is 31.9 Å². The summed E-state index contributed by atoms with van der Waals surface area (Å²) >= 11 is 0. The van der Waals surface area contributed by atoms with E-state index < -0.39 is 0 Å². The molecule has 1 fully saturated rings. The molecule has 2 unspecified atom stereocenters. The molecule has 0 spiro atoms. The van der Waals surface area contributed by atoms with Crippen molar-refractivity contribution in [1.29, 1.82) is 0 Å². The summed E-state index contributed by atoms with van der Waals surface area (Å²) in [6.45, 7) is 6.67. The molecular formula is C14H24N4O. The predicted octanol–water partition coefficient (Wildman–Crippen LogP) is 0.844. The largest absolute Gasteiger partial charge is 0.352 e. The molecule has 5 heteroatoms. The van der Waals surface area contributed by atoms with Crippen LogP contribution in [0.2, 0.25) is 0 Å². The Morgan fingerprint density at radius 1 is 1.58 bits per heavy atom. The van der Waals surface area contributed by atoms with Gasteiger partial charge in [0.2, 0.25) is 5.91 Å². The number of amides is 1. The van der Waals surface area contributed by atoms with E-state index in [1.807, 2.05) is 17.9 Å². The van der Waals surface area contributed by atoms with E-state index in [1.54, 1.807) is 0 Å². The Bertz CT molecular complexity index is 441. The molecule has 0 bridgehead atoms. The SMILES string of the molecule is CCc1nn(C)cc1CNC(=O)C1CNCC(C)C1. The molecule has 0 saturated carbocycles. The zero-order chi connectivity index (χ0) is 13.8. The van der Waals surface area contributed by atoms with Crippen LogP contribution in [-0.2, 0) is 24.8 Å². The van der Waals surface area contributed by atoms with Gasteiger partial charge in [-0.1, -0.05) is 13.8 Å². The van der Waals surface area contributed by atoms with Crippen molar-refractivity contribution in [2.75, 3.05) is 13.1 Å². The lowest BCUT2D eigenvalue weighted by molar-refractivity contribution is -0.126. The van der Waals surface area contributed by atoms with Gasteiger partial charge >= 0.3 is 0 Å². The van der Waals surface area contributed by atoms with E-state index in [4.69, 9.17) is 0 Å². The third-order valence-corrected chi connectivity index (χ3v) is 3.72. The molecular weight excluding hydrogens is 240 g/mol. The fourth-order valence-electron chi connectivity index (χ4n) is 2.71. The predicted molar refractivity (Wildman–Crippen MR) is 74.6 cm³/mol. The van der Waals surface area contributed by atoms with E-state index in [2.05, 4.69) is 29.6 Å². The monoisotopic (exact) mass is 264 g/mol. The lowest BCUT2D eigenvalue weighted by atomic mass is 9.91. The van der Waals surface area contributed by atoms with E-state index in [1.165, 1.54) is 0 Å². The number of carbonyl (C=O) groups excluding carboxylic acids is 1. The molecule has 1 aromatic heterocycles. The van der Waals surface area contributed by atoms with Crippen molar-refractivity contribution in [3.63, 3.8) is 0 Å². The normalized spacial score (nSPS) is 23.3. The van der Waals surface area contributed by atoms with Crippen LogP contribution in [0.15, 0.2) is 6.20 Å².